The largest absolute Gasteiger partial charge is 0.281 e. The number of aromatic nitrogens is 2. The molecule has 2 rings (SSSR count). The minimum Gasteiger partial charge on any atom is -0.281 e. The van der Waals surface area contributed by atoms with Gasteiger partial charge in [0.2, 0.25) is 0 Å². The molecule has 2 aromatic heterocycles. The van der Waals surface area contributed by atoms with Gasteiger partial charge in [-0.1, -0.05) is 22.0 Å². The van der Waals surface area contributed by atoms with Crippen LogP contribution < -0.4 is 0 Å². The van der Waals surface area contributed by atoms with Gasteiger partial charge in [0, 0.05) is 11.0 Å². The number of rotatable bonds is 2. The number of aromatic amines is 1. The van der Waals surface area contributed by atoms with Crippen molar-refractivity contribution >= 4 is 27.3 Å². The highest BCUT2D eigenvalue weighted by Crippen LogP contribution is 2.23. The van der Waals surface area contributed by atoms with Crippen LogP contribution in [0.3, 0.4) is 0 Å². The molecule has 0 aliphatic rings. The van der Waals surface area contributed by atoms with Crippen molar-refractivity contribution in [2.24, 2.45) is 0 Å². The van der Waals surface area contributed by atoms with Gasteiger partial charge in [0.15, 0.2) is 0 Å². The summed E-state index contributed by atoms with van der Waals surface area (Å²) in [5.74, 6) is 0. The second kappa shape index (κ2) is 3.41. The molecule has 0 spiro atoms. The molecule has 0 radical (unpaired) electrons. The minimum atomic E-state index is 0.825. The fourth-order valence-corrected chi connectivity index (χ4v) is 1.95. The first-order valence-corrected chi connectivity index (χ1v) is 5.54. The van der Waals surface area contributed by atoms with Crippen LogP contribution >= 0.6 is 27.3 Å². The Hall–Kier alpha value is -0.610. The van der Waals surface area contributed by atoms with Crippen molar-refractivity contribution in [2.75, 3.05) is 0 Å². The van der Waals surface area contributed by atoms with E-state index < -0.39 is 0 Å². The summed E-state index contributed by atoms with van der Waals surface area (Å²) < 4.78 is 0. The predicted molar refractivity (Wildman–Crippen MR) is 54.5 cm³/mol. The van der Waals surface area contributed by atoms with E-state index >= 15 is 0 Å². The van der Waals surface area contributed by atoms with Crippen LogP contribution in [0.4, 0.5) is 0 Å². The lowest BCUT2D eigenvalue weighted by molar-refractivity contribution is 1.05. The second-order valence-corrected chi connectivity index (χ2v) is 3.90. The maximum absolute atomic E-state index is 4.18. The van der Waals surface area contributed by atoms with Gasteiger partial charge in [0.05, 0.1) is 4.88 Å². The highest BCUT2D eigenvalue weighted by molar-refractivity contribution is 9.08. The number of hydrogen-bond donors (Lipinski definition) is 1. The van der Waals surface area contributed by atoms with Crippen molar-refractivity contribution in [3.8, 4) is 10.6 Å². The molecule has 62 valence electrons. The number of hydrogen-bond acceptors (Lipinski definition) is 2. The number of H-pyrrole nitrogens is 1. The molecule has 12 heavy (non-hydrogen) atoms. The van der Waals surface area contributed by atoms with E-state index in [1.807, 2.05) is 6.07 Å². The average molecular weight is 243 g/mol. The quantitative estimate of drug-likeness (QED) is 0.807. The number of nitrogens with one attached hydrogen (secondary N) is 1. The van der Waals surface area contributed by atoms with E-state index in [0.29, 0.717) is 0 Å². The van der Waals surface area contributed by atoms with E-state index in [1.165, 1.54) is 4.88 Å². The first kappa shape index (κ1) is 8.01. The molecule has 2 nitrogen and oxygen atoms in total. The van der Waals surface area contributed by atoms with Crippen LogP contribution in [0.5, 0.6) is 0 Å². The van der Waals surface area contributed by atoms with Gasteiger partial charge in [-0.3, -0.25) is 5.10 Å². The van der Waals surface area contributed by atoms with Gasteiger partial charge in [-0.05, 0) is 17.5 Å². The summed E-state index contributed by atoms with van der Waals surface area (Å²) >= 11 is 5.07. The SMILES string of the molecule is BrCc1cc(-c2cccs2)n[nH]1. The Bertz CT molecular complexity index is 353. The zero-order valence-electron chi connectivity index (χ0n) is 6.25. The average Bonchev–Trinajstić information content (AvgIpc) is 2.75. The molecule has 2 heterocycles. The van der Waals surface area contributed by atoms with Crippen molar-refractivity contribution in [3.63, 3.8) is 0 Å². The summed E-state index contributed by atoms with van der Waals surface area (Å²) in [4.78, 5) is 1.21. The zero-order valence-corrected chi connectivity index (χ0v) is 8.65. The molecule has 0 atom stereocenters. The Kier molecular flexibility index (Phi) is 2.28. The van der Waals surface area contributed by atoms with E-state index in [-0.39, 0.29) is 0 Å². The fourth-order valence-electron chi connectivity index (χ4n) is 0.981. The molecule has 0 bridgehead atoms. The zero-order chi connectivity index (χ0) is 8.39. The molecule has 0 aromatic carbocycles. The monoisotopic (exact) mass is 242 g/mol. The normalized spacial score (nSPS) is 10.4. The summed E-state index contributed by atoms with van der Waals surface area (Å²) in [7, 11) is 0. The summed E-state index contributed by atoms with van der Waals surface area (Å²) in [6, 6.07) is 6.15. The number of thiophene rings is 1. The molecule has 0 saturated heterocycles. The van der Waals surface area contributed by atoms with Crippen LogP contribution in [-0.2, 0) is 5.33 Å². The van der Waals surface area contributed by atoms with Gasteiger partial charge in [-0.25, -0.2) is 0 Å². The van der Waals surface area contributed by atoms with E-state index in [4.69, 9.17) is 0 Å². The van der Waals surface area contributed by atoms with E-state index in [0.717, 1.165) is 16.7 Å². The molecular weight excluding hydrogens is 236 g/mol. The van der Waals surface area contributed by atoms with E-state index in [1.54, 1.807) is 11.3 Å². The number of halogens is 1. The van der Waals surface area contributed by atoms with Gasteiger partial charge in [-0.15, -0.1) is 11.3 Å². The van der Waals surface area contributed by atoms with Crippen molar-refractivity contribution in [1.82, 2.24) is 10.2 Å². The Morgan fingerprint density at radius 1 is 1.58 bits per heavy atom. The third-order valence-electron chi connectivity index (χ3n) is 1.55. The van der Waals surface area contributed by atoms with Gasteiger partial charge >= 0.3 is 0 Å². The predicted octanol–water partition coefficient (Wildman–Crippen LogP) is 3.03. The van der Waals surface area contributed by atoms with Crippen LogP contribution in [0.2, 0.25) is 0 Å². The summed E-state index contributed by atoms with van der Waals surface area (Å²) in [6.07, 6.45) is 0. The van der Waals surface area contributed by atoms with Crippen molar-refractivity contribution in [3.05, 3.63) is 29.3 Å². The highest BCUT2D eigenvalue weighted by atomic mass is 79.9. The molecule has 0 fully saturated rings. The molecule has 2 aromatic rings. The lowest BCUT2D eigenvalue weighted by atomic mass is 10.3. The summed E-state index contributed by atoms with van der Waals surface area (Å²) in [6.45, 7) is 0. The first-order chi connectivity index (χ1) is 5.90. The molecule has 1 N–H and O–H groups in total. The molecule has 0 amide bonds. The van der Waals surface area contributed by atoms with E-state index in [9.17, 15) is 0 Å². The maximum Gasteiger partial charge on any atom is 0.102 e. The Morgan fingerprint density at radius 2 is 2.50 bits per heavy atom. The van der Waals surface area contributed by atoms with Gasteiger partial charge < -0.3 is 0 Å². The minimum absolute atomic E-state index is 0.825. The molecule has 0 aliphatic heterocycles. The smallest absolute Gasteiger partial charge is 0.102 e. The standard InChI is InChI=1S/C8H7BrN2S/c9-5-6-4-7(11-10-6)8-2-1-3-12-8/h1-4H,5H2,(H,10,11). The lowest BCUT2D eigenvalue weighted by Crippen LogP contribution is -1.73. The third-order valence-corrected chi connectivity index (χ3v) is 3.04. The molecular formula is C8H7BrN2S. The van der Waals surface area contributed by atoms with Crippen LogP contribution in [0.15, 0.2) is 23.6 Å². The second-order valence-electron chi connectivity index (χ2n) is 2.39. The Balaban J connectivity index is 2.35. The van der Waals surface area contributed by atoms with Crippen LogP contribution in [0.25, 0.3) is 10.6 Å². The fraction of sp³-hybridized carbons (Fsp3) is 0.125. The maximum atomic E-state index is 4.18. The summed E-state index contributed by atoms with van der Waals surface area (Å²) in [5, 5.41) is 10.0. The van der Waals surface area contributed by atoms with Crippen molar-refractivity contribution in [1.29, 1.82) is 0 Å². The Morgan fingerprint density at radius 3 is 3.08 bits per heavy atom. The Labute approximate surface area is 82.8 Å². The van der Waals surface area contributed by atoms with Crippen LogP contribution in [0.1, 0.15) is 5.69 Å². The lowest BCUT2D eigenvalue weighted by Gasteiger charge is -1.84. The van der Waals surface area contributed by atoms with Gasteiger partial charge in [0.1, 0.15) is 5.69 Å². The first-order valence-electron chi connectivity index (χ1n) is 3.54. The van der Waals surface area contributed by atoms with Gasteiger partial charge in [0.25, 0.3) is 0 Å². The number of nitrogens with zero attached hydrogens (tertiary/aromatic N) is 1. The van der Waals surface area contributed by atoms with Crippen molar-refractivity contribution < 1.29 is 0 Å². The summed E-state index contributed by atoms with van der Waals surface area (Å²) in [5.41, 5.74) is 2.14. The molecule has 0 unspecified atom stereocenters. The molecule has 0 saturated carbocycles. The number of alkyl halides is 1. The van der Waals surface area contributed by atoms with Crippen LogP contribution in [-0.4, -0.2) is 10.2 Å². The molecule has 4 heteroatoms. The van der Waals surface area contributed by atoms with E-state index in [2.05, 4.69) is 43.6 Å². The topological polar surface area (TPSA) is 28.7 Å². The molecule has 0 aliphatic carbocycles. The van der Waals surface area contributed by atoms with Crippen molar-refractivity contribution in [2.45, 2.75) is 5.33 Å². The highest BCUT2D eigenvalue weighted by Gasteiger charge is 2.02. The van der Waals surface area contributed by atoms with Crippen LogP contribution in [0, 0.1) is 0 Å². The third kappa shape index (κ3) is 1.44. The van der Waals surface area contributed by atoms with Gasteiger partial charge in [-0.2, -0.15) is 5.10 Å².